The molecule has 1 aliphatic heterocycles. The molecule has 2 aliphatic carbocycles. The summed E-state index contributed by atoms with van der Waals surface area (Å²) >= 11 is 0. The Labute approximate surface area is 112 Å². The van der Waals surface area contributed by atoms with Gasteiger partial charge in [0, 0.05) is 23.8 Å². The Kier molecular flexibility index (Phi) is 2.68. The number of carbonyl (C=O) groups excluding carboxylic acids is 2. The van der Waals surface area contributed by atoms with E-state index in [0.717, 1.165) is 5.57 Å². The maximum absolute atomic E-state index is 12.0. The molecular weight excluding hydrogens is 244 g/mol. The van der Waals surface area contributed by atoms with Gasteiger partial charge in [-0.05, 0) is 12.3 Å². The quantitative estimate of drug-likeness (QED) is 0.405. The van der Waals surface area contributed by atoms with Crippen LogP contribution in [-0.2, 0) is 14.3 Å². The van der Waals surface area contributed by atoms with Gasteiger partial charge in [-0.15, -0.1) is 0 Å². The van der Waals surface area contributed by atoms with Gasteiger partial charge in [-0.3, -0.25) is 4.79 Å². The van der Waals surface area contributed by atoms with E-state index in [1.54, 1.807) is 0 Å². The SMILES string of the molecule is C=C1C(=O)O[C@@H]2[C@@H]1[C@@H](O)CC(=C)[C@H]1CC(=O)[C@H](C)[C@@H]21. The molecule has 1 saturated heterocycles. The number of hydrogen-bond donors (Lipinski definition) is 1. The Bertz CT molecular complexity index is 492. The molecule has 0 aromatic heterocycles. The number of fused-ring (bicyclic) bond motifs is 3. The Hall–Kier alpha value is -1.42. The van der Waals surface area contributed by atoms with E-state index < -0.39 is 24.1 Å². The van der Waals surface area contributed by atoms with Crippen LogP contribution in [0.4, 0.5) is 0 Å². The van der Waals surface area contributed by atoms with Gasteiger partial charge in [0.1, 0.15) is 11.9 Å². The number of Topliss-reactive ketones (excluding diaryl/α,β-unsaturated/α-hetero) is 1. The Balaban J connectivity index is 2.05. The van der Waals surface area contributed by atoms with Crippen molar-refractivity contribution in [3.8, 4) is 0 Å². The first-order chi connectivity index (χ1) is 8.91. The van der Waals surface area contributed by atoms with Crippen molar-refractivity contribution >= 4 is 11.8 Å². The van der Waals surface area contributed by atoms with Crippen LogP contribution in [0.5, 0.6) is 0 Å². The summed E-state index contributed by atoms with van der Waals surface area (Å²) in [5.74, 6) is -0.839. The van der Waals surface area contributed by atoms with Gasteiger partial charge in [0.15, 0.2) is 0 Å². The van der Waals surface area contributed by atoms with Crippen LogP contribution < -0.4 is 0 Å². The topological polar surface area (TPSA) is 63.6 Å². The van der Waals surface area contributed by atoms with Crippen molar-refractivity contribution in [2.24, 2.45) is 23.7 Å². The highest BCUT2D eigenvalue weighted by atomic mass is 16.6. The summed E-state index contributed by atoms with van der Waals surface area (Å²) in [7, 11) is 0. The molecule has 0 radical (unpaired) electrons. The zero-order chi connectivity index (χ0) is 13.9. The summed E-state index contributed by atoms with van der Waals surface area (Å²) in [5.41, 5.74) is 1.23. The lowest BCUT2D eigenvalue weighted by molar-refractivity contribution is -0.143. The average molecular weight is 262 g/mol. The summed E-state index contributed by atoms with van der Waals surface area (Å²) in [6.07, 6.45) is -0.257. The van der Waals surface area contributed by atoms with Crippen molar-refractivity contribution in [3.05, 3.63) is 24.3 Å². The molecule has 0 bridgehead atoms. The molecule has 2 saturated carbocycles. The van der Waals surface area contributed by atoms with Crippen LogP contribution in [0.25, 0.3) is 0 Å². The maximum atomic E-state index is 12.0. The van der Waals surface area contributed by atoms with Gasteiger partial charge in [0.25, 0.3) is 0 Å². The molecule has 1 N–H and O–H groups in total. The molecule has 19 heavy (non-hydrogen) atoms. The van der Waals surface area contributed by atoms with Crippen molar-refractivity contribution in [2.45, 2.75) is 32.0 Å². The van der Waals surface area contributed by atoms with E-state index in [4.69, 9.17) is 4.74 Å². The van der Waals surface area contributed by atoms with Crippen molar-refractivity contribution in [2.75, 3.05) is 0 Å². The highest BCUT2D eigenvalue weighted by molar-refractivity contribution is 5.91. The molecule has 102 valence electrons. The minimum absolute atomic E-state index is 0.0193. The maximum Gasteiger partial charge on any atom is 0.334 e. The lowest BCUT2D eigenvalue weighted by atomic mass is 9.79. The molecule has 0 amide bonds. The molecular formula is C15H18O4. The smallest absolute Gasteiger partial charge is 0.334 e. The second-order valence-electron chi connectivity index (χ2n) is 5.99. The van der Waals surface area contributed by atoms with E-state index in [2.05, 4.69) is 13.2 Å². The fraction of sp³-hybridized carbons (Fsp3) is 0.600. The van der Waals surface area contributed by atoms with Gasteiger partial charge in [0.05, 0.1) is 12.0 Å². The van der Waals surface area contributed by atoms with Crippen molar-refractivity contribution in [1.29, 1.82) is 0 Å². The summed E-state index contributed by atoms with van der Waals surface area (Å²) in [4.78, 5) is 23.7. The number of hydrogen-bond acceptors (Lipinski definition) is 4. The lowest BCUT2D eigenvalue weighted by Gasteiger charge is -2.28. The number of rotatable bonds is 0. The number of carbonyl (C=O) groups is 2. The predicted octanol–water partition coefficient (Wildman–Crippen LogP) is 1.25. The molecule has 0 unspecified atom stereocenters. The average Bonchev–Trinajstić information content (AvgIpc) is 2.75. The van der Waals surface area contributed by atoms with Gasteiger partial charge in [-0.25, -0.2) is 4.79 Å². The zero-order valence-electron chi connectivity index (χ0n) is 11.0. The van der Waals surface area contributed by atoms with Crippen LogP contribution >= 0.6 is 0 Å². The van der Waals surface area contributed by atoms with Gasteiger partial charge >= 0.3 is 5.97 Å². The first-order valence-electron chi connectivity index (χ1n) is 6.70. The van der Waals surface area contributed by atoms with Crippen molar-refractivity contribution < 1.29 is 19.4 Å². The highest BCUT2D eigenvalue weighted by Gasteiger charge is 2.56. The molecule has 0 spiro atoms. The number of aliphatic hydroxyl groups excluding tert-OH is 1. The standard InChI is InChI=1S/C15H18O4/c1-6-4-11(17)13-8(3)15(18)19-14(13)12-7(2)10(16)5-9(6)12/h7,9,11-14,17H,1,3-5H2,2H3/t7-,9+,11-,12+,13-,14-/m0/s1. The molecule has 1 heterocycles. The van der Waals surface area contributed by atoms with Crippen LogP contribution in [0.3, 0.4) is 0 Å². The van der Waals surface area contributed by atoms with Crippen LogP contribution in [0.2, 0.25) is 0 Å². The molecule has 0 aromatic carbocycles. The minimum atomic E-state index is -0.690. The molecule has 3 rings (SSSR count). The first kappa shape index (κ1) is 12.6. The Morgan fingerprint density at radius 3 is 2.63 bits per heavy atom. The van der Waals surface area contributed by atoms with E-state index in [1.807, 2.05) is 6.92 Å². The Morgan fingerprint density at radius 1 is 1.26 bits per heavy atom. The summed E-state index contributed by atoms with van der Waals surface area (Å²) in [6.45, 7) is 9.65. The normalized spacial score (nSPS) is 45.8. The number of aliphatic hydroxyl groups is 1. The van der Waals surface area contributed by atoms with Gasteiger partial charge < -0.3 is 9.84 Å². The second-order valence-corrected chi connectivity index (χ2v) is 5.99. The fourth-order valence-electron chi connectivity index (χ4n) is 3.95. The third kappa shape index (κ3) is 1.62. The monoisotopic (exact) mass is 262 g/mol. The van der Waals surface area contributed by atoms with E-state index >= 15 is 0 Å². The molecule has 0 aromatic rings. The van der Waals surface area contributed by atoms with Crippen LogP contribution in [0.15, 0.2) is 24.3 Å². The van der Waals surface area contributed by atoms with Crippen LogP contribution in [0.1, 0.15) is 19.8 Å². The Morgan fingerprint density at radius 2 is 1.95 bits per heavy atom. The third-order valence-electron chi connectivity index (χ3n) is 5.02. The summed E-state index contributed by atoms with van der Waals surface area (Å²) < 4.78 is 5.42. The second kappa shape index (κ2) is 4.04. The van der Waals surface area contributed by atoms with E-state index in [9.17, 15) is 14.7 Å². The van der Waals surface area contributed by atoms with Gasteiger partial charge in [-0.2, -0.15) is 0 Å². The molecule has 6 atom stereocenters. The predicted molar refractivity (Wildman–Crippen MR) is 68.0 cm³/mol. The van der Waals surface area contributed by atoms with Gasteiger partial charge in [-0.1, -0.05) is 25.7 Å². The first-order valence-corrected chi connectivity index (χ1v) is 6.70. The molecule has 4 heteroatoms. The van der Waals surface area contributed by atoms with E-state index in [-0.39, 0.29) is 23.5 Å². The molecule has 4 nitrogen and oxygen atoms in total. The largest absolute Gasteiger partial charge is 0.458 e. The molecule has 3 aliphatic rings. The van der Waals surface area contributed by atoms with E-state index in [1.165, 1.54) is 0 Å². The summed E-state index contributed by atoms with van der Waals surface area (Å²) in [6, 6.07) is 0. The lowest BCUT2D eigenvalue weighted by Crippen LogP contribution is -2.35. The minimum Gasteiger partial charge on any atom is -0.458 e. The number of ketones is 1. The van der Waals surface area contributed by atoms with Crippen LogP contribution in [-0.4, -0.2) is 29.1 Å². The van der Waals surface area contributed by atoms with Crippen LogP contribution in [0, 0.1) is 23.7 Å². The van der Waals surface area contributed by atoms with Crippen molar-refractivity contribution in [3.63, 3.8) is 0 Å². The fourth-order valence-corrected chi connectivity index (χ4v) is 3.95. The van der Waals surface area contributed by atoms with E-state index in [0.29, 0.717) is 18.4 Å². The summed E-state index contributed by atoms with van der Waals surface area (Å²) in [5, 5.41) is 10.3. The number of esters is 1. The third-order valence-corrected chi connectivity index (χ3v) is 5.02. The highest BCUT2D eigenvalue weighted by Crippen LogP contribution is 2.51. The molecule has 3 fully saturated rings. The number of ether oxygens (including phenoxy) is 1. The van der Waals surface area contributed by atoms with Crippen molar-refractivity contribution in [1.82, 2.24) is 0 Å². The zero-order valence-corrected chi connectivity index (χ0v) is 11.0. The van der Waals surface area contributed by atoms with Gasteiger partial charge in [0.2, 0.25) is 0 Å².